The van der Waals surface area contributed by atoms with Crippen LogP contribution in [0.25, 0.3) is 0 Å². The van der Waals surface area contributed by atoms with Gasteiger partial charge >= 0.3 is 0 Å². The summed E-state index contributed by atoms with van der Waals surface area (Å²) in [6, 6.07) is 0. The topological polar surface area (TPSA) is 82.0 Å². The Morgan fingerprint density at radius 2 is 2.67 bits per heavy atom. The molecule has 0 radical (unpaired) electrons. The van der Waals surface area contributed by atoms with Crippen LogP contribution in [0, 0.1) is 0 Å². The Bertz CT molecular complexity index is 194. The number of primary amides is 1. The van der Waals surface area contributed by atoms with Gasteiger partial charge in [0, 0.05) is 0 Å². The first-order valence-electron chi connectivity index (χ1n) is 2.33. The van der Waals surface area contributed by atoms with E-state index in [-0.39, 0.29) is 12.3 Å². The number of amides is 1. The Balaban J connectivity index is 2.58. The van der Waals surface area contributed by atoms with Crippen molar-refractivity contribution in [1.82, 2.24) is 10.1 Å². The molecule has 0 spiro atoms. The highest BCUT2D eigenvalue weighted by Crippen LogP contribution is 1.89. The van der Waals surface area contributed by atoms with E-state index in [1.807, 2.05) is 0 Å². The molecule has 9 heavy (non-hydrogen) atoms. The third kappa shape index (κ3) is 1.52. The van der Waals surface area contributed by atoms with Crippen molar-refractivity contribution in [3.8, 4) is 0 Å². The zero-order chi connectivity index (χ0) is 6.69. The maximum absolute atomic E-state index is 10.2. The van der Waals surface area contributed by atoms with Crippen molar-refractivity contribution in [2.75, 3.05) is 0 Å². The van der Waals surface area contributed by atoms with E-state index in [4.69, 9.17) is 5.73 Å². The Labute approximate surface area is 50.8 Å². The third-order valence-electron chi connectivity index (χ3n) is 0.732. The molecular formula is C4H5N3O2. The molecule has 0 atom stereocenters. The van der Waals surface area contributed by atoms with Crippen LogP contribution in [-0.2, 0) is 11.2 Å². The smallest absolute Gasteiger partial charge is 0.235 e. The van der Waals surface area contributed by atoms with Crippen LogP contribution >= 0.6 is 0 Å². The number of nitrogens with two attached hydrogens (primary N) is 1. The van der Waals surface area contributed by atoms with Crippen LogP contribution in [-0.4, -0.2) is 16.0 Å². The minimum absolute atomic E-state index is 0.0139. The molecule has 0 bridgehead atoms. The molecule has 48 valence electrons. The first-order valence-corrected chi connectivity index (χ1v) is 2.33. The standard InChI is InChI=1S/C4H5N3O2/c5-3(8)1-4-6-2-7-9-4/h2H,1H2,(H2,5,8). The first kappa shape index (κ1) is 5.74. The normalized spacial score (nSPS) is 9.33. The second kappa shape index (κ2) is 2.25. The van der Waals surface area contributed by atoms with Gasteiger partial charge in [0.05, 0.1) is 0 Å². The summed E-state index contributed by atoms with van der Waals surface area (Å²) in [7, 11) is 0. The molecular weight excluding hydrogens is 122 g/mol. The summed E-state index contributed by atoms with van der Waals surface area (Å²) in [6.07, 6.45) is 1.23. The zero-order valence-electron chi connectivity index (χ0n) is 4.57. The SMILES string of the molecule is NC(=O)Cc1ncno1. The molecule has 1 amide bonds. The Morgan fingerprint density at radius 3 is 3.11 bits per heavy atom. The average Bonchev–Trinajstić information content (AvgIpc) is 2.15. The van der Waals surface area contributed by atoms with E-state index in [9.17, 15) is 4.79 Å². The lowest BCUT2D eigenvalue weighted by Crippen LogP contribution is -2.13. The van der Waals surface area contributed by atoms with Gasteiger partial charge in [-0.05, 0) is 0 Å². The van der Waals surface area contributed by atoms with E-state index in [2.05, 4.69) is 14.7 Å². The third-order valence-corrected chi connectivity index (χ3v) is 0.732. The maximum Gasteiger partial charge on any atom is 0.235 e. The predicted molar refractivity (Wildman–Crippen MR) is 27.2 cm³/mol. The van der Waals surface area contributed by atoms with Gasteiger partial charge < -0.3 is 10.3 Å². The lowest BCUT2D eigenvalue weighted by atomic mass is 10.4. The van der Waals surface area contributed by atoms with Crippen LogP contribution in [0.4, 0.5) is 0 Å². The Morgan fingerprint density at radius 1 is 1.89 bits per heavy atom. The fourth-order valence-electron chi connectivity index (χ4n) is 0.423. The predicted octanol–water partition coefficient (Wildman–Crippen LogP) is -0.903. The fraction of sp³-hybridized carbons (Fsp3) is 0.250. The molecule has 1 heterocycles. The second-order valence-corrected chi connectivity index (χ2v) is 1.48. The van der Waals surface area contributed by atoms with Gasteiger partial charge in [-0.3, -0.25) is 4.79 Å². The van der Waals surface area contributed by atoms with Crippen molar-refractivity contribution < 1.29 is 9.32 Å². The minimum Gasteiger partial charge on any atom is -0.369 e. The summed E-state index contributed by atoms with van der Waals surface area (Å²) in [4.78, 5) is 13.7. The highest BCUT2D eigenvalue weighted by atomic mass is 16.5. The molecule has 0 unspecified atom stereocenters. The lowest BCUT2D eigenvalue weighted by Gasteiger charge is -1.82. The minimum atomic E-state index is -0.473. The van der Waals surface area contributed by atoms with E-state index >= 15 is 0 Å². The fourth-order valence-corrected chi connectivity index (χ4v) is 0.423. The molecule has 0 saturated heterocycles. The molecule has 0 saturated carbocycles. The van der Waals surface area contributed by atoms with E-state index in [1.165, 1.54) is 6.33 Å². The van der Waals surface area contributed by atoms with Gasteiger partial charge in [-0.1, -0.05) is 5.16 Å². The molecule has 0 fully saturated rings. The Kier molecular flexibility index (Phi) is 1.44. The van der Waals surface area contributed by atoms with Gasteiger partial charge in [-0.25, -0.2) is 0 Å². The van der Waals surface area contributed by atoms with Crippen LogP contribution < -0.4 is 5.73 Å². The molecule has 0 aliphatic heterocycles. The molecule has 0 aromatic carbocycles. The van der Waals surface area contributed by atoms with Crippen LogP contribution in [0.15, 0.2) is 10.9 Å². The zero-order valence-corrected chi connectivity index (χ0v) is 4.57. The van der Waals surface area contributed by atoms with Crippen molar-refractivity contribution in [2.45, 2.75) is 6.42 Å². The molecule has 5 heteroatoms. The number of rotatable bonds is 2. The van der Waals surface area contributed by atoms with Gasteiger partial charge in [0.25, 0.3) is 0 Å². The van der Waals surface area contributed by atoms with Crippen LogP contribution in [0.1, 0.15) is 5.89 Å². The van der Waals surface area contributed by atoms with Crippen molar-refractivity contribution in [3.63, 3.8) is 0 Å². The van der Waals surface area contributed by atoms with Gasteiger partial charge in [0.1, 0.15) is 6.42 Å². The number of aromatic nitrogens is 2. The quantitative estimate of drug-likeness (QED) is 0.558. The van der Waals surface area contributed by atoms with E-state index in [1.54, 1.807) is 0 Å². The molecule has 1 aromatic heterocycles. The highest BCUT2D eigenvalue weighted by Gasteiger charge is 2.01. The highest BCUT2D eigenvalue weighted by molar-refractivity contribution is 5.75. The van der Waals surface area contributed by atoms with E-state index in [0.29, 0.717) is 0 Å². The van der Waals surface area contributed by atoms with Crippen molar-refractivity contribution in [3.05, 3.63) is 12.2 Å². The first-order chi connectivity index (χ1) is 4.29. The van der Waals surface area contributed by atoms with Gasteiger partial charge in [-0.2, -0.15) is 4.98 Å². The second-order valence-electron chi connectivity index (χ2n) is 1.48. The lowest BCUT2D eigenvalue weighted by molar-refractivity contribution is -0.117. The monoisotopic (exact) mass is 127 g/mol. The summed E-state index contributed by atoms with van der Waals surface area (Å²) in [5, 5.41) is 3.28. The van der Waals surface area contributed by atoms with E-state index < -0.39 is 5.91 Å². The number of carbonyl (C=O) groups is 1. The van der Waals surface area contributed by atoms with Gasteiger partial charge in [0.15, 0.2) is 6.33 Å². The number of nitrogens with zero attached hydrogens (tertiary/aromatic N) is 2. The van der Waals surface area contributed by atoms with Crippen molar-refractivity contribution in [1.29, 1.82) is 0 Å². The van der Waals surface area contributed by atoms with Crippen LogP contribution in [0.2, 0.25) is 0 Å². The summed E-state index contributed by atoms with van der Waals surface area (Å²) >= 11 is 0. The van der Waals surface area contributed by atoms with E-state index in [0.717, 1.165) is 0 Å². The van der Waals surface area contributed by atoms with Gasteiger partial charge in [-0.15, -0.1) is 0 Å². The average molecular weight is 127 g/mol. The Hall–Kier alpha value is -1.39. The molecule has 5 nitrogen and oxygen atoms in total. The summed E-state index contributed by atoms with van der Waals surface area (Å²) in [6.45, 7) is 0. The largest absolute Gasteiger partial charge is 0.369 e. The van der Waals surface area contributed by atoms with Crippen LogP contribution in [0.5, 0.6) is 0 Å². The van der Waals surface area contributed by atoms with Crippen molar-refractivity contribution >= 4 is 5.91 Å². The molecule has 0 aliphatic carbocycles. The van der Waals surface area contributed by atoms with Crippen LogP contribution in [0.3, 0.4) is 0 Å². The maximum atomic E-state index is 10.2. The number of hydrogen-bond donors (Lipinski definition) is 1. The summed E-state index contributed by atoms with van der Waals surface area (Å²) in [5.74, 6) is -0.221. The molecule has 2 N–H and O–H groups in total. The number of hydrogen-bond acceptors (Lipinski definition) is 4. The summed E-state index contributed by atoms with van der Waals surface area (Å²) < 4.78 is 4.48. The molecule has 1 rings (SSSR count). The van der Waals surface area contributed by atoms with Crippen molar-refractivity contribution in [2.24, 2.45) is 5.73 Å². The molecule has 1 aromatic rings. The van der Waals surface area contributed by atoms with Gasteiger partial charge in [0.2, 0.25) is 11.8 Å². The number of carbonyl (C=O) groups excluding carboxylic acids is 1. The summed E-state index contributed by atoms with van der Waals surface area (Å²) in [5.41, 5.74) is 4.82. The molecule has 0 aliphatic rings.